The number of nitrogens with two attached hydrogens (primary N) is 1. The first-order valence-electron chi connectivity index (χ1n) is 12.1. The molecule has 0 spiro atoms. The van der Waals surface area contributed by atoms with E-state index in [-0.39, 0.29) is 27.4 Å². The third kappa shape index (κ3) is 5.92. The molecule has 12 heteroatoms. The summed E-state index contributed by atoms with van der Waals surface area (Å²) in [6.45, 7) is 0. The highest BCUT2D eigenvalue weighted by Gasteiger charge is 2.17. The summed E-state index contributed by atoms with van der Waals surface area (Å²) in [6.07, 6.45) is 1.89. The standard InChI is InChI=1S/C29H20F2N4O5S/c30-21-2-4-26(24(31)13-21)41-6-5-16-8-20(14-33-28(16)36)15-1-3-25-18(7-15)12-23(27(32)34-25)17-9-19(29(37)38)11-22(10-17)35(39)40/h1-4,7-14H,5-6H2,(H2,32,34)(H,33,36)(H,37,38). The van der Waals surface area contributed by atoms with Crippen LogP contribution in [0.1, 0.15) is 15.9 Å². The third-order valence-electron chi connectivity index (χ3n) is 6.37. The van der Waals surface area contributed by atoms with Crippen LogP contribution in [0.3, 0.4) is 0 Å². The van der Waals surface area contributed by atoms with Gasteiger partial charge in [-0.3, -0.25) is 14.9 Å². The summed E-state index contributed by atoms with van der Waals surface area (Å²) in [4.78, 5) is 42.1. The molecule has 0 unspecified atom stereocenters. The van der Waals surface area contributed by atoms with E-state index in [9.17, 15) is 33.6 Å². The van der Waals surface area contributed by atoms with E-state index in [1.165, 1.54) is 36.0 Å². The fraction of sp³-hybridized carbons (Fsp3) is 0.0690. The van der Waals surface area contributed by atoms with Gasteiger partial charge in [-0.05, 0) is 65.6 Å². The van der Waals surface area contributed by atoms with Gasteiger partial charge in [-0.2, -0.15) is 0 Å². The van der Waals surface area contributed by atoms with Gasteiger partial charge in [0.05, 0.1) is 16.0 Å². The van der Waals surface area contributed by atoms with Gasteiger partial charge in [0.1, 0.15) is 17.5 Å². The number of aromatic nitrogens is 2. The number of nitro benzene ring substituents is 1. The predicted octanol–water partition coefficient (Wildman–Crippen LogP) is 6.06. The monoisotopic (exact) mass is 574 g/mol. The molecule has 0 aliphatic carbocycles. The summed E-state index contributed by atoms with van der Waals surface area (Å²) in [6, 6.07) is 15.6. The number of anilines is 1. The van der Waals surface area contributed by atoms with E-state index in [1.807, 2.05) is 0 Å². The third-order valence-corrected chi connectivity index (χ3v) is 7.42. The number of thioether (sulfide) groups is 1. The second kappa shape index (κ2) is 11.2. The summed E-state index contributed by atoms with van der Waals surface area (Å²) in [7, 11) is 0. The molecule has 0 amide bonds. The Labute approximate surface area is 234 Å². The van der Waals surface area contributed by atoms with Crippen molar-refractivity contribution >= 4 is 40.1 Å². The van der Waals surface area contributed by atoms with E-state index in [0.29, 0.717) is 39.8 Å². The maximum Gasteiger partial charge on any atom is 0.335 e. The molecule has 5 rings (SSSR count). The van der Waals surface area contributed by atoms with Gasteiger partial charge in [0, 0.05) is 51.6 Å². The normalized spacial score (nSPS) is 11.1. The largest absolute Gasteiger partial charge is 0.478 e. The number of pyridine rings is 2. The van der Waals surface area contributed by atoms with Gasteiger partial charge in [0.2, 0.25) is 0 Å². The van der Waals surface area contributed by atoms with Crippen molar-refractivity contribution in [3.8, 4) is 22.3 Å². The zero-order valence-electron chi connectivity index (χ0n) is 21.1. The lowest BCUT2D eigenvalue weighted by Crippen LogP contribution is -2.12. The van der Waals surface area contributed by atoms with Crippen LogP contribution in [0.2, 0.25) is 0 Å². The highest BCUT2D eigenvalue weighted by molar-refractivity contribution is 7.99. The Morgan fingerprint density at radius 1 is 1.02 bits per heavy atom. The van der Waals surface area contributed by atoms with Gasteiger partial charge < -0.3 is 15.8 Å². The molecule has 0 saturated heterocycles. The molecule has 2 heterocycles. The molecular formula is C29H20F2N4O5S. The molecule has 5 aromatic rings. The molecule has 2 aromatic heterocycles. The number of benzene rings is 3. The number of carboxylic acids is 1. The van der Waals surface area contributed by atoms with E-state index >= 15 is 0 Å². The molecule has 3 aromatic carbocycles. The first kappa shape index (κ1) is 27.5. The van der Waals surface area contributed by atoms with Crippen molar-refractivity contribution in [2.24, 2.45) is 0 Å². The Morgan fingerprint density at radius 2 is 1.83 bits per heavy atom. The number of nitro groups is 1. The van der Waals surface area contributed by atoms with Crippen molar-refractivity contribution in [3.63, 3.8) is 0 Å². The smallest absolute Gasteiger partial charge is 0.335 e. The Morgan fingerprint density at radius 3 is 2.56 bits per heavy atom. The molecule has 0 fully saturated rings. The van der Waals surface area contributed by atoms with Crippen LogP contribution in [0.4, 0.5) is 20.3 Å². The number of aryl methyl sites for hydroxylation is 1. The molecule has 4 N–H and O–H groups in total. The van der Waals surface area contributed by atoms with Crippen molar-refractivity contribution in [3.05, 3.63) is 116 Å². The van der Waals surface area contributed by atoms with E-state index in [1.54, 1.807) is 36.5 Å². The summed E-state index contributed by atoms with van der Waals surface area (Å²) in [5, 5.41) is 21.4. The van der Waals surface area contributed by atoms with Crippen molar-refractivity contribution in [1.82, 2.24) is 9.97 Å². The number of nitrogens with zero attached hydrogens (tertiary/aromatic N) is 2. The number of carbonyl (C=O) groups is 1. The summed E-state index contributed by atoms with van der Waals surface area (Å²) < 4.78 is 27.1. The highest BCUT2D eigenvalue weighted by atomic mass is 32.2. The van der Waals surface area contributed by atoms with E-state index in [4.69, 9.17) is 5.73 Å². The van der Waals surface area contributed by atoms with Crippen LogP contribution in [-0.2, 0) is 6.42 Å². The van der Waals surface area contributed by atoms with Crippen LogP contribution in [0.5, 0.6) is 0 Å². The number of nitrogens with one attached hydrogen (secondary N) is 1. The van der Waals surface area contributed by atoms with Crippen LogP contribution in [0, 0.1) is 21.7 Å². The molecule has 0 saturated carbocycles. The number of nitrogen functional groups attached to an aromatic ring is 1. The molecule has 0 aliphatic rings. The van der Waals surface area contributed by atoms with Crippen molar-refractivity contribution in [2.45, 2.75) is 11.3 Å². The van der Waals surface area contributed by atoms with Crippen LogP contribution >= 0.6 is 11.8 Å². The van der Waals surface area contributed by atoms with Gasteiger partial charge in [0.25, 0.3) is 11.2 Å². The number of carboxylic acid groups (broad SMARTS) is 1. The van der Waals surface area contributed by atoms with Gasteiger partial charge >= 0.3 is 5.97 Å². The molecule has 0 aliphatic heterocycles. The number of aromatic carboxylic acids is 1. The van der Waals surface area contributed by atoms with Crippen LogP contribution in [-0.4, -0.2) is 31.7 Å². The Bertz CT molecular complexity index is 1880. The van der Waals surface area contributed by atoms with Crippen molar-refractivity contribution in [1.29, 1.82) is 0 Å². The SMILES string of the molecule is Nc1nc2ccc(-c3c[nH]c(=O)c(CCSc4ccc(F)cc4F)c3)cc2cc1-c1cc(C(=O)O)cc([N+](=O)[O-])c1. The molecule has 206 valence electrons. The number of non-ortho nitro benzene ring substituents is 1. The summed E-state index contributed by atoms with van der Waals surface area (Å²) in [5.74, 6) is -2.18. The van der Waals surface area contributed by atoms with E-state index in [2.05, 4.69) is 9.97 Å². The first-order valence-corrected chi connectivity index (χ1v) is 13.1. The number of aromatic amines is 1. The Kier molecular flexibility index (Phi) is 7.49. The number of rotatable bonds is 8. The minimum Gasteiger partial charge on any atom is -0.478 e. The first-order chi connectivity index (χ1) is 19.6. The summed E-state index contributed by atoms with van der Waals surface area (Å²) >= 11 is 1.18. The topological polar surface area (TPSA) is 152 Å². The second-order valence-corrected chi connectivity index (χ2v) is 10.2. The quantitative estimate of drug-likeness (QED) is 0.115. The molecule has 0 atom stereocenters. The fourth-order valence-corrected chi connectivity index (χ4v) is 5.25. The lowest BCUT2D eigenvalue weighted by Gasteiger charge is -2.11. The van der Waals surface area contributed by atoms with Crippen LogP contribution in [0.25, 0.3) is 33.2 Å². The molecule has 41 heavy (non-hydrogen) atoms. The molecule has 0 bridgehead atoms. The van der Waals surface area contributed by atoms with Crippen molar-refractivity contribution < 1.29 is 23.6 Å². The van der Waals surface area contributed by atoms with Gasteiger partial charge in [0.15, 0.2) is 0 Å². The number of halogens is 2. The van der Waals surface area contributed by atoms with E-state index in [0.717, 1.165) is 17.7 Å². The van der Waals surface area contributed by atoms with Gasteiger partial charge in [-0.1, -0.05) is 6.07 Å². The summed E-state index contributed by atoms with van der Waals surface area (Å²) in [5.41, 5.74) is 8.22. The number of hydrogen-bond donors (Lipinski definition) is 3. The lowest BCUT2D eigenvalue weighted by atomic mass is 9.98. The number of H-pyrrole nitrogens is 1. The second-order valence-electron chi connectivity index (χ2n) is 9.08. The zero-order chi connectivity index (χ0) is 29.3. The van der Waals surface area contributed by atoms with Gasteiger partial charge in [-0.15, -0.1) is 11.8 Å². The minimum absolute atomic E-state index is 0.0727. The molecule has 9 nitrogen and oxygen atoms in total. The predicted molar refractivity (Wildman–Crippen MR) is 152 cm³/mol. The van der Waals surface area contributed by atoms with Gasteiger partial charge in [-0.25, -0.2) is 18.6 Å². The maximum atomic E-state index is 13.9. The van der Waals surface area contributed by atoms with Crippen LogP contribution < -0.4 is 11.3 Å². The highest BCUT2D eigenvalue weighted by Crippen LogP contribution is 2.33. The minimum atomic E-state index is -1.32. The van der Waals surface area contributed by atoms with E-state index < -0.39 is 28.2 Å². The van der Waals surface area contributed by atoms with Crippen molar-refractivity contribution in [2.75, 3.05) is 11.5 Å². The maximum absolute atomic E-state index is 13.9. The molecular weight excluding hydrogens is 554 g/mol. The fourth-order valence-electron chi connectivity index (χ4n) is 4.34. The van der Waals surface area contributed by atoms with Crippen LogP contribution in [0.15, 0.2) is 82.6 Å². The average Bonchev–Trinajstić information content (AvgIpc) is 2.94. The Balaban J connectivity index is 1.47. The zero-order valence-corrected chi connectivity index (χ0v) is 21.9. The average molecular weight is 575 g/mol. The number of hydrogen-bond acceptors (Lipinski definition) is 7. The Hall–Kier alpha value is -5.10. The lowest BCUT2D eigenvalue weighted by molar-refractivity contribution is -0.384. The number of fused-ring (bicyclic) bond motifs is 1. The molecule has 0 radical (unpaired) electrons.